The van der Waals surface area contributed by atoms with Crippen LogP contribution in [-0.4, -0.2) is 39.8 Å². The molecule has 1 aliphatic rings. The van der Waals surface area contributed by atoms with Crippen molar-refractivity contribution in [1.82, 2.24) is 14.7 Å². The Morgan fingerprint density at radius 3 is 2.78 bits per heavy atom. The van der Waals surface area contributed by atoms with Gasteiger partial charge in [0.25, 0.3) is 5.91 Å². The standard InChI is InChI=1S/C22H31N3O2/c1-5-20(27-21-11-7-6-10-19(21)16(2)3)22(26)24-12-8-9-18(15-24)25-14-17(4)13-23-25/h6-7,10-11,13-14,16,18,20H,5,8-9,12,15H2,1-4H3. The number of nitrogens with zero attached hydrogens (tertiary/aromatic N) is 3. The Hall–Kier alpha value is -2.30. The zero-order chi connectivity index (χ0) is 19.4. The van der Waals surface area contributed by atoms with Gasteiger partial charge in [-0.2, -0.15) is 5.10 Å². The monoisotopic (exact) mass is 369 g/mol. The van der Waals surface area contributed by atoms with Gasteiger partial charge < -0.3 is 9.64 Å². The summed E-state index contributed by atoms with van der Waals surface area (Å²) < 4.78 is 8.21. The molecule has 5 heteroatoms. The molecule has 1 fully saturated rings. The van der Waals surface area contributed by atoms with Gasteiger partial charge in [0.2, 0.25) is 0 Å². The minimum absolute atomic E-state index is 0.0876. The fourth-order valence-corrected chi connectivity index (χ4v) is 3.73. The Bertz CT molecular complexity index is 768. The van der Waals surface area contributed by atoms with E-state index in [1.54, 1.807) is 0 Å². The van der Waals surface area contributed by atoms with Crippen molar-refractivity contribution in [2.75, 3.05) is 13.1 Å². The quantitative estimate of drug-likeness (QED) is 0.761. The van der Waals surface area contributed by atoms with Crippen LogP contribution in [0.2, 0.25) is 0 Å². The van der Waals surface area contributed by atoms with Crippen molar-refractivity contribution >= 4 is 5.91 Å². The molecule has 0 bridgehead atoms. The van der Waals surface area contributed by atoms with Crippen molar-refractivity contribution in [1.29, 1.82) is 0 Å². The summed E-state index contributed by atoms with van der Waals surface area (Å²) in [7, 11) is 0. The maximum atomic E-state index is 13.2. The van der Waals surface area contributed by atoms with E-state index in [1.165, 1.54) is 0 Å². The van der Waals surface area contributed by atoms with E-state index in [9.17, 15) is 4.79 Å². The second-order valence-corrected chi connectivity index (χ2v) is 7.79. The number of likely N-dealkylation sites (tertiary alicyclic amines) is 1. The number of rotatable bonds is 6. The van der Waals surface area contributed by atoms with Gasteiger partial charge in [0.05, 0.1) is 12.2 Å². The van der Waals surface area contributed by atoms with E-state index in [2.05, 4.69) is 31.2 Å². The Labute approximate surface area is 162 Å². The lowest BCUT2D eigenvalue weighted by Gasteiger charge is -2.35. The Kier molecular flexibility index (Phi) is 6.19. The number of amides is 1. The molecule has 0 N–H and O–H groups in total. The van der Waals surface area contributed by atoms with E-state index < -0.39 is 6.10 Å². The summed E-state index contributed by atoms with van der Waals surface area (Å²) in [6, 6.07) is 8.28. The summed E-state index contributed by atoms with van der Waals surface area (Å²) >= 11 is 0. The largest absolute Gasteiger partial charge is 0.480 e. The molecule has 27 heavy (non-hydrogen) atoms. The average molecular weight is 370 g/mol. The van der Waals surface area contributed by atoms with Crippen LogP contribution < -0.4 is 4.74 Å². The Balaban J connectivity index is 1.71. The lowest BCUT2D eigenvalue weighted by atomic mass is 10.0. The number of hydrogen-bond donors (Lipinski definition) is 0. The van der Waals surface area contributed by atoms with E-state index >= 15 is 0 Å². The van der Waals surface area contributed by atoms with Crippen molar-refractivity contribution in [3.05, 3.63) is 47.8 Å². The van der Waals surface area contributed by atoms with Crippen molar-refractivity contribution in [3.8, 4) is 5.75 Å². The van der Waals surface area contributed by atoms with Crippen LogP contribution in [0.5, 0.6) is 5.75 Å². The highest BCUT2D eigenvalue weighted by Gasteiger charge is 2.30. The molecule has 2 atom stereocenters. The molecule has 1 saturated heterocycles. The van der Waals surface area contributed by atoms with Gasteiger partial charge in [0, 0.05) is 19.3 Å². The molecule has 1 aromatic carbocycles. The van der Waals surface area contributed by atoms with E-state index in [0.29, 0.717) is 18.9 Å². The van der Waals surface area contributed by atoms with E-state index in [-0.39, 0.29) is 11.9 Å². The van der Waals surface area contributed by atoms with Crippen LogP contribution in [0.25, 0.3) is 0 Å². The summed E-state index contributed by atoms with van der Waals surface area (Å²) in [6.07, 6.45) is 6.20. The summed E-state index contributed by atoms with van der Waals surface area (Å²) in [5.41, 5.74) is 2.30. The first kappa shape index (κ1) is 19.5. The van der Waals surface area contributed by atoms with Gasteiger partial charge in [-0.1, -0.05) is 39.0 Å². The molecule has 2 unspecified atom stereocenters. The fraction of sp³-hybridized carbons (Fsp3) is 0.545. The number of aromatic nitrogens is 2. The molecule has 2 heterocycles. The smallest absolute Gasteiger partial charge is 0.263 e. The highest BCUT2D eigenvalue weighted by atomic mass is 16.5. The number of carbonyl (C=O) groups is 1. The third kappa shape index (κ3) is 4.52. The molecule has 3 rings (SSSR count). The van der Waals surface area contributed by atoms with E-state index in [4.69, 9.17) is 4.74 Å². The third-order valence-corrected chi connectivity index (χ3v) is 5.27. The van der Waals surface area contributed by atoms with Gasteiger partial charge in [0.1, 0.15) is 5.75 Å². The molecule has 0 radical (unpaired) electrons. The van der Waals surface area contributed by atoms with E-state index in [0.717, 1.165) is 36.3 Å². The molecule has 2 aromatic rings. The van der Waals surface area contributed by atoms with Gasteiger partial charge >= 0.3 is 0 Å². The van der Waals surface area contributed by atoms with Gasteiger partial charge in [-0.3, -0.25) is 9.48 Å². The van der Waals surface area contributed by atoms with Gasteiger partial charge in [-0.15, -0.1) is 0 Å². The predicted octanol–water partition coefficient (Wildman–Crippen LogP) is 4.34. The second-order valence-electron chi connectivity index (χ2n) is 7.79. The zero-order valence-electron chi connectivity index (χ0n) is 16.9. The Morgan fingerprint density at radius 1 is 1.33 bits per heavy atom. The van der Waals surface area contributed by atoms with Crippen LogP contribution >= 0.6 is 0 Å². The number of ether oxygens (including phenoxy) is 1. The first-order chi connectivity index (χ1) is 13.0. The van der Waals surface area contributed by atoms with Gasteiger partial charge in [-0.25, -0.2) is 0 Å². The SMILES string of the molecule is CCC(Oc1ccccc1C(C)C)C(=O)N1CCCC(n2cc(C)cn2)C1. The molecule has 1 amide bonds. The molecule has 146 valence electrons. The maximum Gasteiger partial charge on any atom is 0.263 e. The Morgan fingerprint density at radius 2 is 2.11 bits per heavy atom. The molecule has 1 aromatic heterocycles. The predicted molar refractivity (Wildman–Crippen MR) is 107 cm³/mol. The average Bonchev–Trinajstić information content (AvgIpc) is 3.12. The van der Waals surface area contributed by atoms with Crippen LogP contribution in [-0.2, 0) is 4.79 Å². The van der Waals surface area contributed by atoms with Crippen molar-refractivity contribution < 1.29 is 9.53 Å². The summed E-state index contributed by atoms with van der Waals surface area (Å²) in [5.74, 6) is 1.27. The van der Waals surface area contributed by atoms with Crippen LogP contribution in [0.1, 0.15) is 63.1 Å². The van der Waals surface area contributed by atoms with Crippen molar-refractivity contribution in [2.24, 2.45) is 0 Å². The first-order valence-corrected chi connectivity index (χ1v) is 10.0. The normalized spacial score (nSPS) is 18.6. The maximum absolute atomic E-state index is 13.2. The second kappa shape index (κ2) is 8.59. The highest BCUT2D eigenvalue weighted by Crippen LogP contribution is 2.28. The molecule has 0 spiro atoms. The number of carbonyl (C=O) groups excluding carboxylic acids is 1. The summed E-state index contributed by atoms with van der Waals surface area (Å²) in [5, 5.41) is 4.44. The highest BCUT2D eigenvalue weighted by molar-refractivity contribution is 5.81. The van der Waals surface area contributed by atoms with Crippen LogP contribution in [0, 0.1) is 6.92 Å². The van der Waals surface area contributed by atoms with Crippen LogP contribution in [0.15, 0.2) is 36.7 Å². The molecule has 0 aliphatic carbocycles. The lowest BCUT2D eigenvalue weighted by Crippen LogP contribution is -2.47. The topological polar surface area (TPSA) is 47.4 Å². The van der Waals surface area contributed by atoms with Crippen molar-refractivity contribution in [3.63, 3.8) is 0 Å². The molecular weight excluding hydrogens is 338 g/mol. The molecule has 0 saturated carbocycles. The fourth-order valence-electron chi connectivity index (χ4n) is 3.73. The zero-order valence-corrected chi connectivity index (χ0v) is 16.9. The van der Waals surface area contributed by atoms with Gasteiger partial charge in [0.15, 0.2) is 6.10 Å². The molecule has 1 aliphatic heterocycles. The van der Waals surface area contributed by atoms with Crippen LogP contribution in [0.3, 0.4) is 0 Å². The van der Waals surface area contributed by atoms with Crippen LogP contribution in [0.4, 0.5) is 0 Å². The lowest BCUT2D eigenvalue weighted by molar-refractivity contribution is -0.140. The number of hydrogen-bond acceptors (Lipinski definition) is 3. The van der Waals surface area contributed by atoms with Crippen molar-refractivity contribution in [2.45, 2.75) is 65.0 Å². The summed E-state index contributed by atoms with van der Waals surface area (Å²) in [6.45, 7) is 9.84. The number of para-hydroxylation sites is 1. The number of benzene rings is 1. The first-order valence-electron chi connectivity index (χ1n) is 10.0. The summed E-state index contributed by atoms with van der Waals surface area (Å²) in [4.78, 5) is 15.1. The number of aryl methyl sites for hydroxylation is 1. The third-order valence-electron chi connectivity index (χ3n) is 5.27. The molecule has 5 nitrogen and oxygen atoms in total. The number of piperidine rings is 1. The van der Waals surface area contributed by atoms with E-state index in [1.807, 2.05) is 47.8 Å². The molecular formula is C22H31N3O2. The minimum atomic E-state index is -0.442. The van der Waals surface area contributed by atoms with Gasteiger partial charge in [-0.05, 0) is 49.3 Å². The minimum Gasteiger partial charge on any atom is -0.480 e.